The quantitative estimate of drug-likeness (QED) is 0.915. The van der Waals surface area contributed by atoms with Crippen molar-refractivity contribution >= 4 is 15.9 Å². The maximum Gasteiger partial charge on any atom is 0.131 e. The zero-order chi connectivity index (χ0) is 15.5. The van der Waals surface area contributed by atoms with Gasteiger partial charge < -0.3 is 9.84 Å². The molecule has 0 aliphatic heterocycles. The van der Waals surface area contributed by atoms with Crippen molar-refractivity contribution in [1.29, 1.82) is 0 Å². The highest BCUT2D eigenvalue weighted by molar-refractivity contribution is 9.10. The molecule has 2 rings (SSSR count). The van der Waals surface area contributed by atoms with Crippen LogP contribution in [0.1, 0.15) is 26.3 Å². The molecule has 0 saturated carbocycles. The molecule has 0 bridgehead atoms. The summed E-state index contributed by atoms with van der Waals surface area (Å²) < 4.78 is 6.76. The summed E-state index contributed by atoms with van der Waals surface area (Å²) in [6, 6.07) is 7.51. The SMILES string of the molecule is CC(C)(C)C(O)(COc1ccc(Br)cc1)c1cncnc1. The maximum absolute atomic E-state index is 11.1. The van der Waals surface area contributed by atoms with E-state index in [-0.39, 0.29) is 6.61 Å². The van der Waals surface area contributed by atoms with E-state index in [9.17, 15) is 5.11 Å². The van der Waals surface area contributed by atoms with Crippen LogP contribution in [0.15, 0.2) is 47.5 Å². The lowest BCUT2D eigenvalue weighted by Gasteiger charge is -2.39. The van der Waals surface area contributed by atoms with Gasteiger partial charge in [-0.25, -0.2) is 9.97 Å². The van der Waals surface area contributed by atoms with Crippen LogP contribution in [0.3, 0.4) is 0 Å². The number of aliphatic hydroxyl groups is 1. The monoisotopic (exact) mass is 350 g/mol. The van der Waals surface area contributed by atoms with Gasteiger partial charge in [0.05, 0.1) is 0 Å². The molecule has 0 aliphatic carbocycles. The molecule has 4 nitrogen and oxygen atoms in total. The minimum absolute atomic E-state index is 0.130. The van der Waals surface area contributed by atoms with Crippen molar-refractivity contribution in [3.63, 3.8) is 0 Å². The van der Waals surface area contributed by atoms with Crippen LogP contribution in [-0.2, 0) is 5.60 Å². The van der Waals surface area contributed by atoms with Crippen LogP contribution < -0.4 is 4.74 Å². The summed E-state index contributed by atoms with van der Waals surface area (Å²) >= 11 is 3.38. The first-order valence-corrected chi connectivity index (χ1v) is 7.48. The first-order chi connectivity index (χ1) is 9.83. The second-order valence-electron chi connectivity index (χ2n) is 5.98. The molecule has 0 radical (unpaired) electrons. The summed E-state index contributed by atoms with van der Waals surface area (Å²) in [4.78, 5) is 8.00. The molecule has 1 heterocycles. The van der Waals surface area contributed by atoms with Crippen LogP contribution in [-0.4, -0.2) is 21.7 Å². The van der Waals surface area contributed by atoms with E-state index in [1.807, 2.05) is 45.0 Å². The molecule has 1 aromatic heterocycles. The Balaban J connectivity index is 2.24. The third-order valence-electron chi connectivity index (χ3n) is 3.54. The van der Waals surface area contributed by atoms with Gasteiger partial charge in [0.25, 0.3) is 0 Å². The Morgan fingerprint density at radius 1 is 1.10 bits per heavy atom. The Morgan fingerprint density at radius 2 is 1.67 bits per heavy atom. The van der Waals surface area contributed by atoms with Crippen molar-refractivity contribution in [2.24, 2.45) is 5.41 Å². The number of hydrogen-bond donors (Lipinski definition) is 1. The standard InChI is InChI=1S/C16H19BrN2O2/c1-15(2,3)16(20,12-8-18-11-19-9-12)10-21-14-6-4-13(17)5-7-14/h4-9,11,20H,10H2,1-3H3. The summed E-state index contributed by atoms with van der Waals surface area (Å²) in [6.07, 6.45) is 4.70. The lowest BCUT2D eigenvalue weighted by atomic mass is 9.73. The van der Waals surface area contributed by atoms with E-state index in [1.165, 1.54) is 6.33 Å². The highest BCUT2D eigenvalue weighted by Crippen LogP contribution is 2.39. The molecule has 1 unspecified atom stereocenters. The summed E-state index contributed by atoms with van der Waals surface area (Å²) in [6.45, 7) is 6.02. The third-order valence-corrected chi connectivity index (χ3v) is 4.07. The zero-order valence-electron chi connectivity index (χ0n) is 12.4. The second kappa shape index (κ2) is 6.12. The van der Waals surface area contributed by atoms with E-state index in [1.54, 1.807) is 12.4 Å². The molecule has 1 atom stereocenters. The molecule has 0 saturated heterocycles. The van der Waals surface area contributed by atoms with E-state index >= 15 is 0 Å². The van der Waals surface area contributed by atoms with Gasteiger partial charge in [0.15, 0.2) is 0 Å². The lowest BCUT2D eigenvalue weighted by Crippen LogP contribution is -2.45. The number of ether oxygens (including phenoxy) is 1. The number of hydrogen-bond acceptors (Lipinski definition) is 4. The van der Waals surface area contributed by atoms with Crippen LogP contribution in [0.4, 0.5) is 0 Å². The predicted molar refractivity (Wildman–Crippen MR) is 85.0 cm³/mol. The molecule has 1 N–H and O–H groups in total. The first kappa shape index (κ1) is 15.9. The Labute approximate surface area is 133 Å². The second-order valence-corrected chi connectivity index (χ2v) is 6.90. The van der Waals surface area contributed by atoms with Gasteiger partial charge in [-0.05, 0) is 29.7 Å². The maximum atomic E-state index is 11.1. The summed E-state index contributed by atoms with van der Waals surface area (Å²) in [5, 5.41) is 11.1. The molecular formula is C16H19BrN2O2. The van der Waals surface area contributed by atoms with E-state index in [0.717, 1.165) is 4.47 Å². The lowest BCUT2D eigenvalue weighted by molar-refractivity contribution is -0.0949. The predicted octanol–water partition coefficient (Wildman–Crippen LogP) is 3.55. The molecular weight excluding hydrogens is 332 g/mol. The van der Waals surface area contributed by atoms with Gasteiger partial charge in [0.2, 0.25) is 0 Å². The number of aromatic nitrogens is 2. The van der Waals surface area contributed by atoms with Gasteiger partial charge in [-0.15, -0.1) is 0 Å². The number of halogens is 1. The van der Waals surface area contributed by atoms with Crippen LogP contribution in [0.25, 0.3) is 0 Å². The summed E-state index contributed by atoms with van der Waals surface area (Å²) in [5.41, 5.74) is -0.955. The molecule has 21 heavy (non-hydrogen) atoms. The van der Waals surface area contributed by atoms with Gasteiger partial charge in [-0.3, -0.25) is 0 Å². The number of nitrogens with zero attached hydrogens (tertiary/aromatic N) is 2. The number of rotatable bonds is 4. The van der Waals surface area contributed by atoms with Gasteiger partial charge in [0, 0.05) is 22.4 Å². The number of benzene rings is 1. The van der Waals surface area contributed by atoms with Gasteiger partial charge in [-0.1, -0.05) is 36.7 Å². The van der Waals surface area contributed by atoms with Crippen LogP contribution in [0.5, 0.6) is 5.75 Å². The van der Waals surface area contributed by atoms with Crippen molar-refractivity contribution in [2.75, 3.05) is 6.61 Å². The van der Waals surface area contributed by atoms with Crippen LogP contribution in [0.2, 0.25) is 0 Å². The van der Waals surface area contributed by atoms with E-state index in [0.29, 0.717) is 11.3 Å². The van der Waals surface area contributed by atoms with Gasteiger partial charge in [0.1, 0.15) is 24.3 Å². The first-order valence-electron chi connectivity index (χ1n) is 6.69. The molecule has 112 valence electrons. The average Bonchev–Trinajstić information content (AvgIpc) is 2.46. The molecule has 0 aliphatic rings. The molecule has 0 spiro atoms. The highest BCUT2D eigenvalue weighted by Gasteiger charge is 2.43. The van der Waals surface area contributed by atoms with Crippen molar-refractivity contribution in [2.45, 2.75) is 26.4 Å². The molecule has 5 heteroatoms. The Kier molecular flexibility index (Phi) is 4.64. The Hall–Kier alpha value is -1.46. The minimum Gasteiger partial charge on any atom is -0.490 e. The van der Waals surface area contributed by atoms with Gasteiger partial charge in [-0.2, -0.15) is 0 Å². The fourth-order valence-corrected chi connectivity index (χ4v) is 2.23. The zero-order valence-corrected chi connectivity index (χ0v) is 14.0. The minimum atomic E-state index is -1.18. The van der Waals surface area contributed by atoms with Crippen molar-refractivity contribution < 1.29 is 9.84 Å². The van der Waals surface area contributed by atoms with Gasteiger partial charge >= 0.3 is 0 Å². The summed E-state index contributed by atoms with van der Waals surface area (Å²) in [7, 11) is 0. The molecule has 1 aromatic carbocycles. The largest absolute Gasteiger partial charge is 0.490 e. The van der Waals surface area contributed by atoms with Crippen LogP contribution >= 0.6 is 15.9 Å². The van der Waals surface area contributed by atoms with Crippen molar-refractivity contribution in [3.05, 3.63) is 53.0 Å². The fraction of sp³-hybridized carbons (Fsp3) is 0.375. The third kappa shape index (κ3) is 3.60. The molecule has 0 amide bonds. The fourth-order valence-electron chi connectivity index (χ4n) is 1.96. The van der Waals surface area contributed by atoms with E-state index < -0.39 is 11.0 Å². The normalized spacial score (nSPS) is 14.5. The van der Waals surface area contributed by atoms with E-state index in [2.05, 4.69) is 25.9 Å². The van der Waals surface area contributed by atoms with Crippen molar-refractivity contribution in [1.82, 2.24) is 9.97 Å². The Bertz CT molecular complexity index is 581. The topological polar surface area (TPSA) is 55.2 Å². The van der Waals surface area contributed by atoms with Crippen molar-refractivity contribution in [3.8, 4) is 5.75 Å². The average molecular weight is 351 g/mol. The van der Waals surface area contributed by atoms with E-state index in [4.69, 9.17) is 4.74 Å². The summed E-state index contributed by atoms with van der Waals surface area (Å²) in [5.74, 6) is 0.706. The Morgan fingerprint density at radius 3 is 2.19 bits per heavy atom. The smallest absolute Gasteiger partial charge is 0.131 e. The molecule has 2 aromatic rings. The highest BCUT2D eigenvalue weighted by atomic mass is 79.9. The molecule has 0 fully saturated rings. The van der Waals surface area contributed by atoms with Crippen LogP contribution in [0, 0.1) is 5.41 Å².